The van der Waals surface area contributed by atoms with Crippen molar-refractivity contribution in [3.63, 3.8) is 0 Å². The third-order valence-electron chi connectivity index (χ3n) is 5.74. The Labute approximate surface area is 180 Å². The third-order valence-corrected chi connectivity index (χ3v) is 6.78. The lowest BCUT2D eigenvalue weighted by molar-refractivity contribution is -0.113. The molecular weight excluding hydrogens is 396 g/mol. The second kappa shape index (κ2) is 8.56. The number of anilines is 1. The van der Waals surface area contributed by atoms with Crippen molar-refractivity contribution in [2.24, 2.45) is 5.92 Å². The van der Waals surface area contributed by atoms with Gasteiger partial charge in [0.15, 0.2) is 11.5 Å². The number of benzene rings is 2. The van der Waals surface area contributed by atoms with Crippen molar-refractivity contribution in [2.45, 2.75) is 37.1 Å². The Morgan fingerprint density at radius 2 is 1.90 bits per heavy atom. The minimum atomic E-state index is -0.0550. The highest BCUT2D eigenvalue weighted by molar-refractivity contribution is 8.00. The summed E-state index contributed by atoms with van der Waals surface area (Å²) in [6, 6.07) is 15.9. The average Bonchev–Trinajstić information content (AvgIpc) is 3.43. The van der Waals surface area contributed by atoms with Crippen LogP contribution in [0.2, 0.25) is 0 Å². The lowest BCUT2D eigenvalue weighted by Crippen LogP contribution is -2.14. The molecule has 0 radical (unpaired) electrons. The number of carbonyl (C=O) groups is 1. The van der Waals surface area contributed by atoms with Crippen LogP contribution < -0.4 is 14.8 Å². The first-order valence-electron chi connectivity index (χ1n) is 10.5. The molecular formula is C24H24N2O3S. The molecule has 0 saturated heterocycles. The summed E-state index contributed by atoms with van der Waals surface area (Å²) in [5.41, 5.74) is 2.95. The number of rotatable bonds is 6. The van der Waals surface area contributed by atoms with Gasteiger partial charge in [0.25, 0.3) is 0 Å². The fourth-order valence-electron chi connectivity index (χ4n) is 4.24. The number of para-hydroxylation sites is 1. The predicted octanol–water partition coefficient (Wildman–Crippen LogP) is 5.43. The van der Waals surface area contributed by atoms with E-state index in [2.05, 4.69) is 23.5 Å². The van der Waals surface area contributed by atoms with Crippen molar-refractivity contribution in [1.29, 1.82) is 0 Å². The van der Waals surface area contributed by atoms with Crippen LogP contribution in [0.3, 0.4) is 0 Å². The minimum absolute atomic E-state index is 0.0550. The van der Waals surface area contributed by atoms with Gasteiger partial charge in [-0.1, -0.05) is 55.6 Å². The summed E-state index contributed by atoms with van der Waals surface area (Å²) in [6.07, 6.45) is 6.28. The molecule has 2 aliphatic rings. The normalized spacial score (nSPS) is 15.6. The van der Waals surface area contributed by atoms with Crippen LogP contribution in [0.1, 0.15) is 31.2 Å². The summed E-state index contributed by atoms with van der Waals surface area (Å²) in [7, 11) is 0. The molecule has 1 aliphatic heterocycles. The van der Waals surface area contributed by atoms with Crippen LogP contribution in [0.15, 0.2) is 53.6 Å². The van der Waals surface area contributed by atoms with Gasteiger partial charge in [0.2, 0.25) is 12.7 Å². The number of pyridine rings is 1. The van der Waals surface area contributed by atoms with Gasteiger partial charge in [0.1, 0.15) is 5.03 Å². The maximum absolute atomic E-state index is 12.6. The van der Waals surface area contributed by atoms with Crippen LogP contribution in [-0.4, -0.2) is 23.4 Å². The SMILES string of the molecule is O=C(CSc1nc2ccccc2cc1CC1CCCC1)Nc1ccc2c(c1)OCO2. The van der Waals surface area contributed by atoms with E-state index in [0.29, 0.717) is 22.9 Å². The fourth-order valence-corrected chi connectivity index (χ4v) is 5.07. The minimum Gasteiger partial charge on any atom is -0.454 e. The number of carbonyl (C=O) groups excluding carboxylic acids is 1. The van der Waals surface area contributed by atoms with Gasteiger partial charge < -0.3 is 14.8 Å². The molecule has 5 nitrogen and oxygen atoms in total. The molecule has 1 saturated carbocycles. The molecule has 3 aromatic rings. The van der Waals surface area contributed by atoms with Crippen LogP contribution >= 0.6 is 11.8 Å². The molecule has 1 aromatic heterocycles. The van der Waals surface area contributed by atoms with Crippen molar-refractivity contribution in [2.75, 3.05) is 17.9 Å². The highest BCUT2D eigenvalue weighted by atomic mass is 32.2. The monoisotopic (exact) mass is 420 g/mol. The van der Waals surface area contributed by atoms with E-state index in [1.165, 1.54) is 48.4 Å². The zero-order valence-corrected chi connectivity index (χ0v) is 17.5. The Morgan fingerprint density at radius 1 is 1.07 bits per heavy atom. The number of ether oxygens (including phenoxy) is 2. The van der Waals surface area contributed by atoms with Gasteiger partial charge >= 0.3 is 0 Å². The van der Waals surface area contributed by atoms with Crippen molar-refractivity contribution >= 4 is 34.3 Å². The maximum atomic E-state index is 12.6. The lowest BCUT2D eigenvalue weighted by atomic mass is 9.98. The third kappa shape index (κ3) is 4.24. The number of aromatic nitrogens is 1. The van der Waals surface area contributed by atoms with Gasteiger partial charge in [0.05, 0.1) is 11.3 Å². The van der Waals surface area contributed by atoms with E-state index in [0.717, 1.165) is 22.9 Å². The van der Waals surface area contributed by atoms with E-state index in [1.807, 2.05) is 24.3 Å². The van der Waals surface area contributed by atoms with Crippen LogP contribution in [0.4, 0.5) is 5.69 Å². The molecule has 5 rings (SSSR count). The van der Waals surface area contributed by atoms with Gasteiger partial charge in [-0.25, -0.2) is 4.98 Å². The molecule has 0 unspecified atom stereocenters. The molecule has 0 spiro atoms. The second-order valence-electron chi connectivity index (χ2n) is 7.90. The first-order valence-corrected chi connectivity index (χ1v) is 11.4. The van der Waals surface area contributed by atoms with Crippen LogP contribution in [0, 0.1) is 5.92 Å². The number of fused-ring (bicyclic) bond motifs is 2. The Bertz CT molecular complexity index is 1080. The molecule has 0 atom stereocenters. The topological polar surface area (TPSA) is 60.5 Å². The van der Waals surface area contributed by atoms with E-state index in [-0.39, 0.29) is 12.7 Å². The smallest absolute Gasteiger partial charge is 0.234 e. The largest absolute Gasteiger partial charge is 0.454 e. The highest BCUT2D eigenvalue weighted by Crippen LogP contribution is 2.35. The van der Waals surface area contributed by atoms with Crippen LogP contribution in [0.5, 0.6) is 11.5 Å². The first kappa shape index (κ1) is 19.2. The second-order valence-corrected chi connectivity index (χ2v) is 8.87. The number of nitrogens with zero attached hydrogens (tertiary/aromatic N) is 1. The lowest BCUT2D eigenvalue weighted by Gasteiger charge is -2.14. The van der Waals surface area contributed by atoms with Crippen molar-refractivity contribution in [3.8, 4) is 11.5 Å². The molecule has 2 heterocycles. The number of hydrogen-bond donors (Lipinski definition) is 1. The van der Waals surface area contributed by atoms with Gasteiger partial charge in [-0.3, -0.25) is 4.79 Å². The molecule has 1 aliphatic carbocycles. The van der Waals surface area contributed by atoms with E-state index >= 15 is 0 Å². The number of thioether (sulfide) groups is 1. The van der Waals surface area contributed by atoms with Gasteiger partial charge in [-0.2, -0.15) is 0 Å². The summed E-state index contributed by atoms with van der Waals surface area (Å²) in [6.45, 7) is 0.222. The summed E-state index contributed by atoms with van der Waals surface area (Å²) in [5.74, 6) is 2.36. The fraction of sp³-hybridized carbons (Fsp3) is 0.333. The molecule has 30 heavy (non-hydrogen) atoms. The van der Waals surface area contributed by atoms with Crippen LogP contribution in [-0.2, 0) is 11.2 Å². The maximum Gasteiger partial charge on any atom is 0.234 e. The zero-order valence-electron chi connectivity index (χ0n) is 16.7. The van der Waals surface area contributed by atoms with Gasteiger partial charge in [0, 0.05) is 17.1 Å². The summed E-state index contributed by atoms with van der Waals surface area (Å²) < 4.78 is 10.7. The van der Waals surface area contributed by atoms with Crippen LogP contribution in [0.25, 0.3) is 10.9 Å². The quantitative estimate of drug-likeness (QED) is 0.539. The molecule has 154 valence electrons. The Kier molecular flexibility index (Phi) is 5.49. The Balaban J connectivity index is 1.30. The number of amides is 1. The molecule has 1 fully saturated rings. The van der Waals surface area contributed by atoms with Crippen molar-refractivity contribution in [1.82, 2.24) is 4.98 Å². The van der Waals surface area contributed by atoms with E-state index in [4.69, 9.17) is 14.5 Å². The summed E-state index contributed by atoms with van der Waals surface area (Å²) in [5, 5.41) is 5.09. The molecule has 6 heteroatoms. The standard InChI is InChI=1S/C24H24N2O3S/c27-23(25-19-9-10-21-22(13-19)29-15-28-21)14-30-24-18(11-16-5-1-2-6-16)12-17-7-3-4-8-20(17)26-24/h3-4,7-10,12-13,16H,1-2,5-6,11,14-15H2,(H,25,27). The highest BCUT2D eigenvalue weighted by Gasteiger charge is 2.19. The molecule has 1 amide bonds. The van der Waals surface area contributed by atoms with E-state index in [1.54, 1.807) is 6.07 Å². The summed E-state index contributed by atoms with van der Waals surface area (Å²) in [4.78, 5) is 17.5. The summed E-state index contributed by atoms with van der Waals surface area (Å²) >= 11 is 1.52. The number of nitrogens with one attached hydrogen (secondary N) is 1. The zero-order chi connectivity index (χ0) is 20.3. The molecule has 0 bridgehead atoms. The number of hydrogen-bond acceptors (Lipinski definition) is 5. The first-order chi connectivity index (χ1) is 14.7. The molecule has 1 N–H and O–H groups in total. The van der Waals surface area contributed by atoms with Gasteiger partial charge in [-0.15, -0.1) is 0 Å². The van der Waals surface area contributed by atoms with Crippen molar-refractivity contribution in [3.05, 3.63) is 54.1 Å². The van der Waals surface area contributed by atoms with E-state index in [9.17, 15) is 4.79 Å². The Morgan fingerprint density at radius 3 is 2.80 bits per heavy atom. The average molecular weight is 421 g/mol. The predicted molar refractivity (Wildman–Crippen MR) is 119 cm³/mol. The Hall–Kier alpha value is -2.73. The van der Waals surface area contributed by atoms with E-state index < -0.39 is 0 Å². The van der Waals surface area contributed by atoms with Crippen molar-refractivity contribution < 1.29 is 14.3 Å². The molecule has 2 aromatic carbocycles. The van der Waals surface area contributed by atoms with Gasteiger partial charge in [-0.05, 0) is 42.2 Å².